The number of likely N-dealkylation sites (tertiary alicyclic amines) is 1. The Labute approximate surface area is 140 Å². The number of aromatic nitrogens is 2. The van der Waals surface area contributed by atoms with Crippen molar-refractivity contribution in [1.29, 1.82) is 0 Å². The Balaban J connectivity index is 1.69. The normalized spacial score (nSPS) is 18.4. The Hall–Kier alpha value is -2.37. The van der Waals surface area contributed by atoms with E-state index in [0.717, 1.165) is 38.8 Å². The van der Waals surface area contributed by atoms with E-state index in [0.29, 0.717) is 17.0 Å². The predicted molar refractivity (Wildman–Crippen MR) is 90.1 cm³/mol. The summed E-state index contributed by atoms with van der Waals surface area (Å²) in [6.07, 6.45) is 8.26. The van der Waals surface area contributed by atoms with Crippen molar-refractivity contribution in [3.05, 3.63) is 35.9 Å². The van der Waals surface area contributed by atoms with Crippen LogP contribution in [0, 0.1) is 0 Å². The molecule has 1 N–H and O–H groups in total. The summed E-state index contributed by atoms with van der Waals surface area (Å²) in [6, 6.07) is 5.83. The number of nitrogens with zero attached hydrogens (tertiary/aromatic N) is 3. The summed E-state index contributed by atoms with van der Waals surface area (Å²) in [5.41, 5.74) is 1.04. The van der Waals surface area contributed by atoms with Gasteiger partial charge in [-0.15, -0.1) is 0 Å². The van der Waals surface area contributed by atoms with E-state index in [2.05, 4.69) is 10.3 Å². The zero-order chi connectivity index (χ0) is 16.5. The fourth-order valence-electron chi connectivity index (χ4n) is 3.25. The Kier molecular flexibility index (Phi) is 3.96. The molecule has 2 aliphatic rings. The van der Waals surface area contributed by atoms with Crippen molar-refractivity contribution in [3.8, 4) is 0 Å². The van der Waals surface area contributed by atoms with Gasteiger partial charge in [-0.05, 0) is 37.8 Å². The lowest BCUT2D eigenvalue weighted by atomic mass is 10.2. The second-order valence-electron chi connectivity index (χ2n) is 6.69. The van der Waals surface area contributed by atoms with Crippen LogP contribution in [0.2, 0.25) is 0 Å². The van der Waals surface area contributed by atoms with E-state index in [1.807, 2.05) is 23.1 Å². The topological polar surface area (TPSA) is 66.7 Å². The zero-order valence-electron chi connectivity index (χ0n) is 13.7. The van der Waals surface area contributed by atoms with Gasteiger partial charge in [-0.3, -0.25) is 14.0 Å². The SMILES string of the molecule is O=C(NC1CC1)c1nc(C(=O)N2CCCCCC2)n2ccccc12. The molecule has 1 saturated heterocycles. The molecule has 0 aromatic carbocycles. The average molecular weight is 326 g/mol. The first kappa shape index (κ1) is 15.2. The molecule has 126 valence electrons. The molecule has 2 fully saturated rings. The Morgan fingerprint density at radius 2 is 1.83 bits per heavy atom. The third-order valence-electron chi connectivity index (χ3n) is 4.76. The molecular formula is C18H22N4O2. The van der Waals surface area contributed by atoms with Crippen LogP contribution in [0.5, 0.6) is 0 Å². The lowest BCUT2D eigenvalue weighted by Crippen LogP contribution is -2.33. The van der Waals surface area contributed by atoms with Crippen molar-refractivity contribution in [3.63, 3.8) is 0 Å². The number of fused-ring (bicyclic) bond motifs is 1. The number of pyridine rings is 1. The molecule has 6 nitrogen and oxygen atoms in total. The van der Waals surface area contributed by atoms with E-state index in [4.69, 9.17) is 0 Å². The molecule has 2 aromatic heterocycles. The van der Waals surface area contributed by atoms with E-state index in [-0.39, 0.29) is 17.9 Å². The first-order chi connectivity index (χ1) is 11.7. The molecule has 2 amide bonds. The van der Waals surface area contributed by atoms with Crippen LogP contribution in [0.25, 0.3) is 5.52 Å². The van der Waals surface area contributed by atoms with Crippen molar-refractivity contribution in [2.75, 3.05) is 13.1 Å². The molecule has 4 rings (SSSR count). The standard InChI is InChI=1S/C18H22N4O2/c23-17(19-13-8-9-13)15-14-7-3-6-12-22(14)16(20-15)18(24)21-10-4-1-2-5-11-21/h3,6-7,12-13H,1-2,4-5,8-11H2,(H,19,23). The van der Waals surface area contributed by atoms with Crippen molar-refractivity contribution < 1.29 is 9.59 Å². The highest BCUT2D eigenvalue weighted by Crippen LogP contribution is 2.21. The number of amides is 2. The van der Waals surface area contributed by atoms with Gasteiger partial charge in [0.25, 0.3) is 11.8 Å². The van der Waals surface area contributed by atoms with E-state index in [1.165, 1.54) is 12.8 Å². The maximum atomic E-state index is 12.9. The number of hydrogen-bond donors (Lipinski definition) is 1. The minimum Gasteiger partial charge on any atom is -0.348 e. The monoisotopic (exact) mass is 326 g/mol. The smallest absolute Gasteiger partial charge is 0.290 e. The molecule has 0 radical (unpaired) electrons. The summed E-state index contributed by atoms with van der Waals surface area (Å²) >= 11 is 0. The van der Waals surface area contributed by atoms with Gasteiger partial charge < -0.3 is 10.2 Å². The molecule has 0 atom stereocenters. The molecule has 24 heavy (non-hydrogen) atoms. The van der Waals surface area contributed by atoms with Crippen molar-refractivity contribution in [1.82, 2.24) is 19.6 Å². The summed E-state index contributed by atoms with van der Waals surface area (Å²) in [5.74, 6) is 0.0770. The number of carbonyl (C=O) groups is 2. The van der Waals surface area contributed by atoms with Gasteiger partial charge in [0.2, 0.25) is 5.82 Å². The molecule has 0 bridgehead atoms. The first-order valence-corrected chi connectivity index (χ1v) is 8.81. The summed E-state index contributed by atoms with van der Waals surface area (Å²) in [7, 11) is 0. The number of hydrogen-bond acceptors (Lipinski definition) is 3. The van der Waals surface area contributed by atoms with Crippen molar-refractivity contribution in [2.24, 2.45) is 0 Å². The quantitative estimate of drug-likeness (QED) is 0.941. The van der Waals surface area contributed by atoms with E-state index in [1.54, 1.807) is 10.6 Å². The van der Waals surface area contributed by atoms with Crippen LogP contribution < -0.4 is 5.32 Å². The maximum absolute atomic E-state index is 12.9. The van der Waals surface area contributed by atoms with Gasteiger partial charge in [0.1, 0.15) is 0 Å². The first-order valence-electron chi connectivity index (χ1n) is 8.81. The third-order valence-corrected chi connectivity index (χ3v) is 4.76. The largest absolute Gasteiger partial charge is 0.348 e. The lowest BCUT2D eigenvalue weighted by molar-refractivity contribution is 0.0748. The minimum absolute atomic E-state index is 0.0800. The van der Waals surface area contributed by atoms with E-state index in [9.17, 15) is 9.59 Å². The summed E-state index contributed by atoms with van der Waals surface area (Å²) in [4.78, 5) is 31.7. The second-order valence-corrected chi connectivity index (χ2v) is 6.69. The molecule has 1 saturated carbocycles. The van der Waals surface area contributed by atoms with Crippen molar-refractivity contribution in [2.45, 2.75) is 44.6 Å². The van der Waals surface area contributed by atoms with Crippen LogP contribution in [0.15, 0.2) is 24.4 Å². The van der Waals surface area contributed by atoms with Gasteiger partial charge >= 0.3 is 0 Å². The van der Waals surface area contributed by atoms with Crippen LogP contribution in [0.4, 0.5) is 0 Å². The highest BCUT2D eigenvalue weighted by atomic mass is 16.2. The van der Waals surface area contributed by atoms with Crippen molar-refractivity contribution >= 4 is 17.3 Å². The van der Waals surface area contributed by atoms with Crippen LogP contribution in [-0.4, -0.2) is 45.2 Å². The van der Waals surface area contributed by atoms with Crippen LogP contribution >= 0.6 is 0 Å². The number of imidazole rings is 1. The molecule has 3 heterocycles. The van der Waals surface area contributed by atoms with E-state index < -0.39 is 0 Å². The fraction of sp³-hybridized carbons (Fsp3) is 0.500. The van der Waals surface area contributed by atoms with E-state index >= 15 is 0 Å². The molecule has 1 aliphatic heterocycles. The third kappa shape index (κ3) is 2.88. The van der Waals surface area contributed by atoms with Gasteiger partial charge in [-0.2, -0.15) is 0 Å². The van der Waals surface area contributed by atoms with Gasteiger partial charge in [-0.25, -0.2) is 4.98 Å². The molecule has 6 heteroatoms. The van der Waals surface area contributed by atoms with Gasteiger partial charge in [0.15, 0.2) is 5.69 Å². The number of nitrogens with one attached hydrogen (secondary N) is 1. The lowest BCUT2D eigenvalue weighted by Gasteiger charge is -2.19. The summed E-state index contributed by atoms with van der Waals surface area (Å²) in [6.45, 7) is 1.54. The highest BCUT2D eigenvalue weighted by Gasteiger charge is 2.29. The average Bonchev–Trinajstić information content (AvgIpc) is 3.37. The predicted octanol–water partition coefficient (Wildman–Crippen LogP) is 2.24. The zero-order valence-corrected chi connectivity index (χ0v) is 13.7. The maximum Gasteiger partial charge on any atom is 0.290 e. The molecule has 1 aliphatic carbocycles. The van der Waals surface area contributed by atoms with Gasteiger partial charge in [0.05, 0.1) is 5.52 Å². The fourth-order valence-corrected chi connectivity index (χ4v) is 3.25. The highest BCUT2D eigenvalue weighted by molar-refractivity contribution is 6.02. The second kappa shape index (κ2) is 6.26. The van der Waals surface area contributed by atoms with Crippen LogP contribution in [0.3, 0.4) is 0 Å². The molecular weight excluding hydrogens is 304 g/mol. The molecule has 0 spiro atoms. The Morgan fingerprint density at radius 3 is 2.54 bits per heavy atom. The summed E-state index contributed by atoms with van der Waals surface area (Å²) < 4.78 is 1.75. The van der Waals surface area contributed by atoms with Crippen LogP contribution in [0.1, 0.15) is 59.6 Å². The summed E-state index contributed by atoms with van der Waals surface area (Å²) in [5, 5.41) is 2.96. The van der Waals surface area contributed by atoms with Crippen LogP contribution in [-0.2, 0) is 0 Å². The van der Waals surface area contributed by atoms with Gasteiger partial charge in [-0.1, -0.05) is 18.9 Å². The Morgan fingerprint density at radius 1 is 1.08 bits per heavy atom. The molecule has 2 aromatic rings. The number of carbonyl (C=O) groups excluding carboxylic acids is 2. The Bertz CT molecular complexity index is 770. The number of rotatable bonds is 3. The molecule has 0 unspecified atom stereocenters. The van der Waals surface area contributed by atoms with Gasteiger partial charge in [0, 0.05) is 25.3 Å². The minimum atomic E-state index is -0.184.